The number of nitro benzene ring substituents is 1. The van der Waals surface area contributed by atoms with Crippen LogP contribution in [0.4, 0.5) is 5.69 Å². The molecule has 4 rings (SSSR count). The summed E-state index contributed by atoms with van der Waals surface area (Å²) < 4.78 is 33.7. The molecule has 1 unspecified atom stereocenters. The molecule has 0 N–H and O–H groups in total. The van der Waals surface area contributed by atoms with Gasteiger partial charge in [0.1, 0.15) is 16.5 Å². The molecule has 0 aliphatic carbocycles. The van der Waals surface area contributed by atoms with Crippen LogP contribution in [0.25, 0.3) is 11.1 Å². The van der Waals surface area contributed by atoms with E-state index in [1.807, 2.05) is 12.1 Å². The van der Waals surface area contributed by atoms with Crippen molar-refractivity contribution in [2.45, 2.75) is 30.2 Å². The Hall–Kier alpha value is -2.49. The number of sulfonamides is 1. The Bertz CT molecular complexity index is 1130. The zero-order chi connectivity index (χ0) is 19.9. The number of piperidine rings is 1. The van der Waals surface area contributed by atoms with Gasteiger partial charge >= 0.3 is 0 Å². The molecule has 146 valence electrons. The minimum absolute atomic E-state index is 0.164. The number of benzene rings is 2. The molecule has 3 aromatic rings. The lowest BCUT2D eigenvalue weighted by molar-refractivity contribution is -0.384. The number of rotatable bonds is 4. The van der Waals surface area contributed by atoms with Gasteiger partial charge in [0, 0.05) is 18.7 Å². The SMILES string of the molecule is O=[N+]([O-])c1ccc(S(=O)(=O)N2CCCCC2c2nc3ccccc3o2)c(Cl)c1. The van der Waals surface area contributed by atoms with Gasteiger partial charge in [-0.15, -0.1) is 0 Å². The van der Waals surface area contributed by atoms with Crippen molar-refractivity contribution in [2.24, 2.45) is 0 Å². The molecule has 0 saturated carbocycles. The van der Waals surface area contributed by atoms with E-state index in [2.05, 4.69) is 4.98 Å². The highest BCUT2D eigenvalue weighted by Gasteiger charge is 2.38. The van der Waals surface area contributed by atoms with Crippen LogP contribution in [0.2, 0.25) is 5.02 Å². The molecule has 2 heterocycles. The normalized spacial score (nSPS) is 18.4. The topological polar surface area (TPSA) is 107 Å². The van der Waals surface area contributed by atoms with Gasteiger partial charge in [-0.2, -0.15) is 4.31 Å². The maximum atomic E-state index is 13.3. The zero-order valence-electron chi connectivity index (χ0n) is 14.6. The van der Waals surface area contributed by atoms with Crippen LogP contribution in [0.1, 0.15) is 31.2 Å². The first-order chi connectivity index (χ1) is 13.4. The molecule has 0 bridgehead atoms. The molecule has 1 aliphatic heterocycles. The monoisotopic (exact) mass is 421 g/mol. The molecule has 0 radical (unpaired) electrons. The summed E-state index contributed by atoms with van der Waals surface area (Å²) in [6.45, 7) is 0.291. The second-order valence-electron chi connectivity index (χ2n) is 6.52. The van der Waals surface area contributed by atoms with Crippen LogP contribution in [0.15, 0.2) is 51.8 Å². The van der Waals surface area contributed by atoms with Crippen molar-refractivity contribution in [1.82, 2.24) is 9.29 Å². The molecule has 1 aromatic heterocycles. The van der Waals surface area contributed by atoms with Gasteiger partial charge in [0.15, 0.2) is 5.58 Å². The molecule has 28 heavy (non-hydrogen) atoms. The second-order valence-corrected chi connectivity index (χ2v) is 8.79. The van der Waals surface area contributed by atoms with Crippen molar-refractivity contribution < 1.29 is 17.8 Å². The molecule has 0 spiro atoms. The number of non-ortho nitro benzene ring substituents is 1. The highest BCUT2D eigenvalue weighted by Crippen LogP contribution is 2.38. The van der Waals surface area contributed by atoms with Gasteiger partial charge in [-0.1, -0.05) is 30.2 Å². The number of nitro groups is 1. The average Bonchev–Trinajstić information content (AvgIpc) is 3.11. The fourth-order valence-corrected chi connectivity index (χ4v) is 5.58. The Balaban J connectivity index is 1.75. The van der Waals surface area contributed by atoms with Gasteiger partial charge in [-0.25, -0.2) is 13.4 Å². The van der Waals surface area contributed by atoms with Gasteiger partial charge in [-0.3, -0.25) is 10.1 Å². The summed E-state index contributed by atoms with van der Waals surface area (Å²) in [5.74, 6) is 0.336. The Morgan fingerprint density at radius 3 is 2.71 bits per heavy atom. The van der Waals surface area contributed by atoms with Crippen LogP contribution in [-0.2, 0) is 10.0 Å². The van der Waals surface area contributed by atoms with Crippen molar-refractivity contribution in [3.63, 3.8) is 0 Å². The third kappa shape index (κ3) is 3.25. The maximum absolute atomic E-state index is 13.3. The van der Waals surface area contributed by atoms with E-state index in [1.165, 1.54) is 10.4 Å². The highest BCUT2D eigenvalue weighted by atomic mass is 35.5. The van der Waals surface area contributed by atoms with Gasteiger partial charge in [0.05, 0.1) is 9.95 Å². The van der Waals surface area contributed by atoms with E-state index in [0.29, 0.717) is 36.4 Å². The number of hydrogen-bond donors (Lipinski definition) is 0. The van der Waals surface area contributed by atoms with Crippen LogP contribution in [0.5, 0.6) is 0 Å². The van der Waals surface area contributed by atoms with E-state index in [1.54, 1.807) is 12.1 Å². The Kier molecular flexibility index (Phi) is 4.82. The third-order valence-electron chi connectivity index (χ3n) is 4.76. The lowest BCUT2D eigenvalue weighted by Crippen LogP contribution is -2.38. The smallest absolute Gasteiger partial charge is 0.271 e. The second kappa shape index (κ2) is 7.16. The van der Waals surface area contributed by atoms with E-state index < -0.39 is 21.0 Å². The fourth-order valence-electron chi connectivity index (χ4n) is 3.41. The summed E-state index contributed by atoms with van der Waals surface area (Å²) in [7, 11) is -3.99. The summed E-state index contributed by atoms with van der Waals surface area (Å²) in [5, 5.41) is 10.7. The predicted octanol–water partition coefficient (Wildman–Crippen LogP) is 4.31. The standard InChI is InChI=1S/C18H16ClN3O5S/c19-13-11-12(22(23)24)8-9-17(13)28(25,26)21-10-4-3-6-15(21)18-20-14-5-1-2-7-16(14)27-18/h1-2,5,7-9,11,15H,3-4,6,10H2. The molecule has 8 nitrogen and oxygen atoms in total. The van der Waals surface area contributed by atoms with Crippen molar-refractivity contribution in [3.8, 4) is 0 Å². The number of aromatic nitrogens is 1. The highest BCUT2D eigenvalue weighted by molar-refractivity contribution is 7.89. The number of hydrogen-bond acceptors (Lipinski definition) is 6. The quantitative estimate of drug-likeness (QED) is 0.459. The third-order valence-corrected chi connectivity index (χ3v) is 7.15. The summed E-state index contributed by atoms with van der Waals surface area (Å²) in [6.07, 6.45) is 2.10. The predicted molar refractivity (Wildman–Crippen MR) is 103 cm³/mol. The molecule has 1 fully saturated rings. The average molecular weight is 422 g/mol. The zero-order valence-corrected chi connectivity index (χ0v) is 16.2. The van der Waals surface area contributed by atoms with Crippen LogP contribution in [-0.4, -0.2) is 29.2 Å². The fraction of sp³-hybridized carbons (Fsp3) is 0.278. The molecular formula is C18H16ClN3O5S. The maximum Gasteiger partial charge on any atom is 0.271 e. The van der Waals surface area contributed by atoms with Crippen LogP contribution in [0.3, 0.4) is 0 Å². The molecular weight excluding hydrogens is 406 g/mol. The van der Waals surface area contributed by atoms with Crippen molar-refractivity contribution >= 4 is 38.4 Å². The van der Waals surface area contributed by atoms with Crippen molar-refractivity contribution in [2.75, 3.05) is 6.54 Å². The number of oxazole rings is 1. The van der Waals surface area contributed by atoms with Gasteiger partial charge in [0.2, 0.25) is 15.9 Å². The molecule has 2 aromatic carbocycles. The van der Waals surface area contributed by atoms with Gasteiger partial charge < -0.3 is 4.42 Å². The Labute approximate surface area is 165 Å². The summed E-state index contributed by atoms with van der Waals surface area (Å²) in [5.41, 5.74) is 0.987. The summed E-state index contributed by atoms with van der Waals surface area (Å²) in [4.78, 5) is 14.6. The number of nitrogens with zero attached hydrogens (tertiary/aromatic N) is 3. The van der Waals surface area contributed by atoms with Gasteiger partial charge in [-0.05, 0) is 31.0 Å². The lowest BCUT2D eigenvalue weighted by atomic mass is 10.1. The lowest BCUT2D eigenvalue weighted by Gasteiger charge is -2.32. The van der Waals surface area contributed by atoms with Crippen LogP contribution in [0, 0.1) is 10.1 Å². The number of halogens is 1. The Morgan fingerprint density at radius 1 is 1.21 bits per heavy atom. The molecule has 1 saturated heterocycles. The van der Waals surface area contributed by atoms with E-state index in [-0.39, 0.29) is 15.6 Å². The number of para-hydroxylation sites is 2. The van der Waals surface area contributed by atoms with Crippen molar-refractivity contribution in [1.29, 1.82) is 0 Å². The Morgan fingerprint density at radius 2 is 2.00 bits per heavy atom. The summed E-state index contributed by atoms with van der Waals surface area (Å²) >= 11 is 6.09. The first kappa shape index (κ1) is 18.9. The van der Waals surface area contributed by atoms with Crippen LogP contribution >= 0.6 is 11.6 Å². The van der Waals surface area contributed by atoms with Gasteiger partial charge in [0.25, 0.3) is 5.69 Å². The van der Waals surface area contributed by atoms with E-state index >= 15 is 0 Å². The molecule has 0 amide bonds. The van der Waals surface area contributed by atoms with Crippen molar-refractivity contribution in [3.05, 3.63) is 63.5 Å². The van der Waals surface area contributed by atoms with E-state index in [0.717, 1.165) is 18.6 Å². The molecule has 10 heteroatoms. The van der Waals surface area contributed by atoms with E-state index in [4.69, 9.17) is 16.0 Å². The minimum atomic E-state index is -3.99. The number of fused-ring (bicyclic) bond motifs is 1. The molecule has 1 atom stereocenters. The first-order valence-corrected chi connectivity index (χ1v) is 10.5. The molecule has 1 aliphatic rings. The first-order valence-electron chi connectivity index (χ1n) is 8.69. The largest absolute Gasteiger partial charge is 0.439 e. The minimum Gasteiger partial charge on any atom is -0.439 e. The van der Waals surface area contributed by atoms with E-state index in [9.17, 15) is 18.5 Å². The summed E-state index contributed by atoms with van der Waals surface area (Å²) in [6, 6.07) is 10.0. The van der Waals surface area contributed by atoms with Crippen LogP contribution < -0.4 is 0 Å².